The minimum atomic E-state index is -1.63. The molecule has 6 rings (SSSR count). The van der Waals surface area contributed by atoms with Gasteiger partial charge in [-0.05, 0) is 110 Å². The van der Waals surface area contributed by atoms with Crippen molar-refractivity contribution in [3.63, 3.8) is 0 Å². The number of aliphatic hydroxyl groups is 2. The van der Waals surface area contributed by atoms with E-state index in [4.69, 9.17) is 28.9 Å². The number of amides is 2. The van der Waals surface area contributed by atoms with Gasteiger partial charge in [0.25, 0.3) is 5.69 Å². The predicted molar refractivity (Wildman–Crippen MR) is 324 cm³/mol. The Bertz CT molecular complexity index is 2470. The maximum absolute atomic E-state index is 15.2. The summed E-state index contributed by atoms with van der Waals surface area (Å²) in [7, 11) is 0. The molecule has 3 N–H and O–H groups in total. The number of allylic oxidation sites excluding steroid dienone is 1. The van der Waals surface area contributed by atoms with Gasteiger partial charge in [-0.1, -0.05) is 172 Å². The van der Waals surface area contributed by atoms with Crippen LogP contribution in [0.2, 0.25) is 0 Å². The van der Waals surface area contributed by atoms with Gasteiger partial charge in [-0.15, -0.1) is 6.58 Å². The molecule has 0 spiro atoms. The zero-order chi connectivity index (χ0) is 59.1. The van der Waals surface area contributed by atoms with Crippen molar-refractivity contribution in [2.75, 3.05) is 33.0 Å². The quantitative estimate of drug-likeness (QED) is 0.0212. The first kappa shape index (κ1) is 66.3. The lowest BCUT2D eigenvalue weighted by molar-refractivity contribution is -0.384. The number of carbonyl (C=O) groups is 2. The topological polar surface area (TPSA) is 192 Å². The van der Waals surface area contributed by atoms with E-state index >= 15 is 4.79 Å². The summed E-state index contributed by atoms with van der Waals surface area (Å²) in [5, 5.41) is 39.7. The van der Waals surface area contributed by atoms with Crippen molar-refractivity contribution in [3.8, 4) is 11.5 Å². The summed E-state index contributed by atoms with van der Waals surface area (Å²) >= 11 is 0. The maximum Gasteiger partial charge on any atom is 0.412 e. The minimum absolute atomic E-state index is 0.00464. The van der Waals surface area contributed by atoms with Gasteiger partial charge in [-0.3, -0.25) is 15.0 Å². The lowest BCUT2D eigenvalue weighted by Gasteiger charge is -2.59. The summed E-state index contributed by atoms with van der Waals surface area (Å²) in [6.07, 6.45) is 29.8. The number of oxime groups is 1. The number of aliphatic hydroxyl groups excluding tert-OH is 2. The summed E-state index contributed by atoms with van der Waals surface area (Å²) in [6.45, 7) is 9.24. The lowest BCUT2D eigenvalue weighted by atomic mass is 9.55. The Morgan fingerprint density at radius 3 is 2.01 bits per heavy atom. The third-order valence-electron chi connectivity index (χ3n) is 16.8. The van der Waals surface area contributed by atoms with Crippen molar-refractivity contribution in [2.45, 2.75) is 218 Å². The molecule has 6 atom stereocenters. The summed E-state index contributed by atoms with van der Waals surface area (Å²) in [6, 6.07) is 16.6. The number of rotatable bonds is 41. The predicted octanol–water partition coefficient (Wildman–Crippen LogP) is 16.1. The molecule has 3 aromatic carbocycles. The van der Waals surface area contributed by atoms with Gasteiger partial charge in [0.05, 0.1) is 29.8 Å². The van der Waals surface area contributed by atoms with Crippen LogP contribution in [-0.4, -0.2) is 82.7 Å². The highest BCUT2D eigenvalue weighted by atomic mass is 19.1. The van der Waals surface area contributed by atoms with E-state index in [1.807, 2.05) is 6.07 Å². The second-order valence-corrected chi connectivity index (χ2v) is 23.0. The van der Waals surface area contributed by atoms with Gasteiger partial charge in [0.1, 0.15) is 30.0 Å². The number of fused-ring (bicyclic) bond motifs is 2. The van der Waals surface area contributed by atoms with Crippen molar-refractivity contribution in [2.24, 2.45) is 22.9 Å². The maximum atomic E-state index is 15.2. The number of hydrogen-bond donors (Lipinski definition) is 3. The number of ether oxygens (including phenoxy) is 4. The summed E-state index contributed by atoms with van der Waals surface area (Å²) in [4.78, 5) is 47.7. The summed E-state index contributed by atoms with van der Waals surface area (Å²) in [5.74, 6) is -2.54. The molecule has 3 aliphatic rings. The number of hydrogen-bond acceptors (Lipinski definition) is 12. The highest BCUT2D eigenvalue weighted by molar-refractivity contribution is 6.03. The second-order valence-electron chi connectivity index (χ2n) is 23.0. The van der Waals surface area contributed by atoms with Gasteiger partial charge in [0, 0.05) is 56.3 Å². The molecule has 83 heavy (non-hydrogen) atoms. The molecule has 0 bridgehead atoms. The molecule has 458 valence electrons. The van der Waals surface area contributed by atoms with E-state index in [0.29, 0.717) is 73.4 Å². The molecule has 1 fully saturated rings. The number of nitrogens with one attached hydrogen (secondary N) is 1. The molecule has 1 aliphatic heterocycles. The number of unbranched alkanes of at least 4 members (excludes halogenated alkanes) is 20. The molecule has 0 aromatic heterocycles. The van der Waals surface area contributed by atoms with E-state index in [1.165, 1.54) is 108 Å². The third-order valence-corrected chi connectivity index (χ3v) is 16.8. The van der Waals surface area contributed by atoms with Gasteiger partial charge in [-0.2, -0.15) is 0 Å². The van der Waals surface area contributed by atoms with Crippen molar-refractivity contribution in [3.05, 3.63) is 124 Å². The van der Waals surface area contributed by atoms with Crippen LogP contribution in [0.5, 0.6) is 11.5 Å². The van der Waals surface area contributed by atoms with Crippen molar-refractivity contribution >= 4 is 23.6 Å². The number of nitrogens with zero attached hydrogens (tertiary/aromatic N) is 3. The van der Waals surface area contributed by atoms with Crippen LogP contribution >= 0.6 is 0 Å². The zero-order valence-electron chi connectivity index (χ0n) is 49.9. The van der Waals surface area contributed by atoms with E-state index in [2.05, 4.69) is 31.8 Å². The van der Waals surface area contributed by atoms with Crippen LogP contribution in [0.3, 0.4) is 0 Å². The fraction of sp³-hybridized carbons (Fsp3) is 0.627. The first-order chi connectivity index (χ1) is 40.6. The molecule has 16 heteroatoms. The normalized spacial score (nSPS) is 20.1. The Hall–Kier alpha value is -5.84. The number of benzene rings is 3. The Labute approximate surface area is 493 Å². The molecule has 1 heterocycles. The first-order valence-corrected chi connectivity index (χ1v) is 31.6. The van der Waals surface area contributed by atoms with Gasteiger partial charge in [0.15, 0.2) is 0 Å². The molecular weight excluding hydrogens is 1060 g/mol. The smallest absolute Gasteiger partial charge is 0.412 e. The van der Waals surface area contributed by atoms with E-state index in [0.717, 1.165) is 56.1 Å². The Morgan fingerprint density at radius 1 is 0.795 bits per heavy atom. The fourth-order valence-electron chi connectivity index (χ4n) is 12.5. The molecular formula is C67H97FN4O11. The van der Waals surface area contributed by atoms with Crippen LogP contribution in [0.15, 0.2) is 96.2 Å². The zero-order valence-corrected chi connectivity index (χ0v) is 49.9. The van der Waals surface area contributed by atoms with E-state index < -0.39 is 46.6 Å². The molecule has 1 saturated carbocycles. The van der Waals surface area contributed by atoms with Crippen molar-refractivity contribution < 1.29 is 52.9 Å². The van der Waals surface area contributed by atoms with E-state index in [1.54, 1.807) is 47.4 Å². The average molecular weight is 1150 g/mol. The number of carbonyl (C=O) groups excluding carboxylic acids is 2. The number of non-ortho nitro benzene ring substituents is 1. The number of nitro groups is 1. The molecule has 0 radical (unpaired) electrons. The Morgan fingerprint density at radius 2 is 1.40 bits per heavy atom. The molecule has 2 aliphatic carbocycles. The molecule has 0 saturated heterocycles. The monoisotopic (exact) mass is 1150 g/mol. The number of nitro benzene ring substituents is 1. The van der Waals surface area contributed by atoms with Crippen LogP contribution in [0.1, 0.15) is 210 Å². The Balaban J connectivity index is 1.40. The van der Waals surface area contributed by atoms with E-state index in [9.17, 15) is 29.5 Å². The fourth-order valence-corrected chi connectivity index (χ4v) is 12.5. The van der Waals surface area contributed by atoms with Gasteiger partial charge in [0.2, 0.25) is 5.79 Å². The van der Waals surface area contributed by atoms with Gasteiger partial charge >= 0.3 is 12.2 Å². The lowest BCUT2D eigenvalue weighted by Crippen LogP contribution is -2.70. The highest BCUT2D eigenvalue weighted by Crippen LogP contribution is 2.62. The van der Waals surface area contributed by atoms with Crippen LogP contribution in [-0.2, 0) is 27.5 Å². The summed E-state index contributed by atoms with van der Waals surface area (Å²) in [5.41, 5.74) is 3.34. The molecule has 15 nitrogen and oxygen atoms in total. The van der Waals surface area contributed by atoms with E-state index in [-0.39, 0.29) is 63.5 Å². The van der Waals surface area contributed by atoms with Crippen molar-refractivity contribution in [1.29, 1.82) is 0 Å². The van der Waals surface area contributed by atoms with Crippen LogP contribution in [0.25, 0.3) is 0 Å². The largest absolute Gasteiger partial charge is 0.459 e. The van der Waals surface area contributed by atoms with Gasteiger partial charge in [-0.25, -0.2) is 14.0 Å². The SMILES string of the molecule is C=CCOC12Oc3ccc(OC(=O)NCCCCCCCCCCCC)cc3C3C(CCCCO)C(CCCCO)C=C(C(=NOCc4ccc([N+](=O)[O-])cc4)CC1N(Cc1ccc(F)cc1)C(=O)OCCCCCCCCCCCC)C32. The molecule has 6 unspecified atom stereocenters. The second kappa shape index (κ2) is 36.8. The molecule has 3 aromatic rings. The molecule has 2 amide bonds. The minimum Gasteiger partial charge on any atom is -0.459 e. The first-order valence-electron chi connectivity index (χ1n) is 31.6. The third kappa shape index (κ3) is 20.4. The van der Waals surface area contributed by atoms with Crippen LogP contribution < -0.4 is 14.8 Å². The standard InChI is InChI=1S/C67H97FN4O11/c1-4-7-9-11-13-15-17-19-21-25-41-69-65(75)82-56-39-40-61-59(47-56)63-57(30-24-27-43-74)53(29-23-26-42-73)46-58-60(70-81-50-52-33-37-55(38-34-52)72(77)78)48-62(67(83-61,64(58)63)80-44-6-3)71(49-51-31-35-54(68)36-32-51)66(76)79-45-28-22-20-18-16-14-12-10-8-5-2/h6,31-40,46-47,53,57,62-64,73-74H,3-5,7-30,41-45,48-50H2,1-2H3,(H,69,75). The van der Waals surface area contributed by atoms with Crippen molar-refractivity contribution in [1.82, 2.24) is 10.2 Å². The highest BCUT2D eigenvalue weighted by Gasteiger charge is 2.66. The van der Waals surface area contributed by atoms with Crippen LogP contribution in [0.4, 0.5) is 19.7 Å². The average Bonchev–Trinajstić information content (AvgIpc) is 2.09. The summed E-state index contributed by atoms with van der Waals surface area (Å²) < 4.78 is 41.6. The number of halogens is 1. The van der Waals surface area contributed by atoms with Gasteiger partial charge < -0.3 is 39.3 Å². The van der Waals surface area contributed by atoms with Crippen LogP contribution in [0, 0.1) is 33.7 Å². The Kier molecular flexibility index (Phi) is 29.4.